The fourth-order valence-electron chi connectivity index (χ4n) is 1.41. The summed E-state index contributed by atoms with van der Waals surface area (Å²) in [5.41, 5.74) is 1.63. The largest absolute Gasteiger partial charge is 0.472 e. The second-order valence-corrected chi connectivity index (χ2v) is 4.57. The van der Waals surface area contributed by atoms with Gasteiger partial charge in [0.15, 0.2) is 6.29 Å². The Hall–Kier alpha value is -2.38. The highest BCUT2D eigenvalue weighted by Crippen LogP contribution is 2.27. The van der Waals surface area contributed by atoms with Gasteiger partial charge in [0.1, 0.15) is 0 Å². The third-order valence-corrected chi connectivity index (χ3v) is 3.29. The Morgan fingerprint density at radius 1 is 1.17 bits per heavy atom. The number of aldehydes is 1. The van der Waals surface area contributed by atoms with Gasteiger partial charge >= 0.3 is 5.97 Å². The maximum atomic E-state index is 10.6. The van der Waals surface area contributed by atoms with Crippen LogP contribution in [0.15, 0.2) is 36.4 Å². The quantitative estimate of drug-likeness (QED) is 0.664. The van der Waals surface area contributed by atoms with Crippen LogP contribution in [-0.4, -0.2) is 17.4 Å². The second-order valence-electron chi connectivity index (χ2n) is 3.45. The van der Waals surface area contributed by atoms with Gasteiger partial charge in [0.05, 0.1) is 4.88 Å². The Morgan fingerprint density at radius 3 is 2.44 bits per heavy atom. The standard InChI is InChI=1S/C14H8O3S/c15-9-12-6-7-13(18-12)11-4-1-10(2-5-11)3-8-14(16)17/h1-2,4-7,9H,(H,16,17). The van der Waals surface area contributed by atoms with Crippen molar-refractivity contribution in [3.8, 4) is 22.3 Å². The average Bonchev–Trinajstić information content (AvgIpc) is 2.85. The maximum Gasteiger partial charge on any atom is 0.382 e. The molecule has 18 heavy (non-hydrogen) atoms. The van der Waals surface area contributed by atoms with Crippen molar-refractivity contribution in [1.82, 2.24) is 0 Å². The zero-order valence-corrected chi connectivity index (χ0v) is 10.0. The van der Waals surface area contributed by atoms with Gasteiger partial charge in [0.25, 0.3) is 0 Å². The van der Waals surface area contributed by atoms with E-state index in [2.05, 4.69) is 11.8 Å². The van der Waals surface area contributed by atoms with E-state index in [4.69, 9.17) is 5.11 Å². The first-order valence-electron chi connectivity index (χ1n) is 5.09. The Labute approximate surface area is 108 Å². The van der Waals surface area contributed by atoms with Gasteiger partial charge < -0.3 is 5.11 Å². The van der Waals surface area contributed by atoms with Crippen LogP contribution < -0.4 is 0 Å². The zero-order valence-electron chi connectivity index (χ0n) is 9.21. The summed E-state index contributed by atoms with van der Waals surface area (Å²) >= 11 is 1.41. The number of rotatable bonds is 2. The van der Waals surface area contributed by atoms with E-state index in [1.54, 1.807) is 18.2 Å². The van der Waals surface area contributed by atoms with Crippen LogP contribution in [0.4, 0.5) is 0 Å². The molecule has 0 radical (unpaired) electrons. The number of carbonyl (C=O) groups is 2. The second kappa shape index (κ2) is 5.30. The van der Waals surface area contributed by atoms with Crippen molar-refractivity contribution in [3.63, 3.8) is 0 Å². The van der Waals surface area contributed by atoms with Crippen LogP contribution in [0, 0.1) is 11.8 Å². The van der Waals surface area contributed by atoms with Gasteiger partial charge in [-0.1, -0.05) is 18.1 Å². The highest BCUT2D eigenvalue weighted by Gasteiger charge is 2.01. The summed E-state index contributed by atoms with van der Waals surface area (Å²) in [6.45, 7) is 0. The molecule has 0 amide bonds. The summed E-state index contributed by atoms with van der Waals surface area (Å²) < 4.78 is 0. The molecule has 0 bridgehead atoms. The van der Waals surface area contributed by atoms with E-state index in [-0.39, 0.29) is 0 Å². The first-order valence-corrected chi connectivity index (χ1v) is 5.91. The monoisotopic (exact) mass is 256 g/mol. The Bertz CT molecular complexity index is 642. The van der Waals surface area contributed by atoms with Crippen LogP contribution in [0.1, 0.15) is 15.2 Å². The van der Waals surface area contributed by atoms with Crippen LogP contribution >= 0.6 is 11.3 Å². The zero-order chi connectivity index (χ0) is 13.0. The molecule has 1 heterocycles. The van der Waals surface area contributed by atoms with E-state index in [0.717, 1.165) is 16.7 Å². The fourth-order valence-corrected chi connectivity index (χ4v) is 2.24. The summed E-state index contributed by atoms with van der Waals surface area (Å²) in [4.78, 5) is 22.6. The van der Waals surface area contributed by atoms with E-state index in [9.17, 15) is 9.59 Å². The first-order chi connectivity index (χ1) is 8.69. The number of hydrogen-bond acceptors (Lipinski definition) is 3. The molecule has 0 aliphatic carbocycles. The van der Waals surface area contributed by atoms with Crippen LogP contribution in [0.5, 0.6) is 0 Å². The van der Waals surface area contributed by atoms with Gasteiger partial charge in [0, 0.05) is 16.4 Å². The molecule has 1 aromatic carbocycles. The van der Waals surface area contributed by atoms with Gasteiger partial charge in [-0.2, -0.15) is 0 Å². The Kier molecular flexibility index (Phi) is 3.56. The SMILES string of the molecule is O=Cc1ccc(-c2ccc(C#CC(=O)O)cc2)s1. The van der Waals surface area contributed by atoms with Crippen LogP contribution in [0.2, 0.25) is 0 Å². The lowest BCUT2D eigenvalue weighted by molar-refractivity contribution is -0.130. The van der Waals surface area contributed by atoms with Gasteiger partial charge in [-0.15, -0.1) is 11.3 Å². The molecule has 0 unspecified atom stereocenters. The molecule has 88 valence electrons. The molecule has 0 spiro atoms. The number of benzene rings is 1. The van der Waals surface area contributed by atoms with Gasteiger partial charge in [-0.05, 0) is 29.8 Å². The van der Waals surface area contributed by atoms with Crippen LogP contribution in [0.25, 0.3) is 10.4 Å². The molecule has 0 aliphatic rings. The number of hydrogen-bond donors (Lipinski definition) is 1. The molecule has 2 aromatic rings. The highest BCUT2D eigenvalue weighted by molar-refractivity contribution is 7.17. The Balaban J connectivity index is 2.25. The van der Waals surface area contributed by atoms with Crippen molar-refractivity contribution < 1.29 is 14.7 Å². The minimum Gasteiger partial charge on any atom is -0.472 e. The molecule has 0 fully saturated rings. The smallest absolute Gasteiger partial charge is 0.382 e. The molecule has 0 aliphatic heterocycles. The van der Waals surface area contributed by atoms with E-state index in [1.807, 2.05) is 18.2 Å². The molecule has 0 atom stereocenters. The van der Waals surface area contributed by atoms with E-state index in [0.29, 0.717) is 10.4 Å². The summed E-state index contributed by atoms with van der Waals surface area (Å²) in [5.74, 6) is 3.45. The highest BCUT2D eigenvalue weighted by atomic mass is 32.1. The van der Waals surface area contributed by atoms with Crippen molar-refractivity contribution in [2.45, 2.75) is 0 Å². The molecule has 1 N–H and O–H groups in total. The maximum absolute atomic E-state index is 10.6. The number of carbonyl (C=O) groups excluding carboxylic acids is 1. The number of aliphatic carboxylic acids is 1. The number of carboxylic acids is 1. The summed E-state index contributed by atoms with van der Waals surface area (Å²) in [6.07, 6.45) is 0.820. The first kappa shape index (κ1) is 12.1. The summed E-state index contributed by atoms with van der Waals surface area (Å²) in [5, 5.41) is 8.43. The molecule has 2 rings (SSSR count). The van der Waals surface area contributed by atoms with Crippen LogP contribution in [-0.2, 0) is 4.79 Å². The predicted molar refractivity (Wildman–Crippen MR) is 69.7 cm³/mol. The minimum absolute atomic E-state index is 0.647. The number of thiophene rings is 1. The van der Waals surface area contributed by atoms with Crippen LogP contribution in [0.3, 0.4) is 0 Å². The van der Waals surface area contributed by atoms with Crippen molar-refractivity contribution in [1.29, 1.82) is 0 Å². The third kappa shape index (κ3) is 2.84. The van der Waals surface area contributed by atoms with E-state index in [1.165, 1.54) is 11.3 Å². The van der Waals surface area contributed by atoms with Gasteiger partial charge in [-0.25, -0.2) is 4.79 Å². The van der Waals surface area contributed by atoms with Crippen molar-refractivity contribution in [2.24, 2.45) is 0 Å². The van der Waals surface area contributed by atoms with Gasteiger partial charge in [0.2, 0.25) is 0 Å². The minimum atomic E-state index is -1.15. The Morgan fingerprint density at radius 2 is 1.89 bits per heavy atom. The topological polar surface area (TPSA) is 54.4 Å². The lowest BCUT2D eigenvalue weighted by Crippen LogP contribution is -1.87. The lowest BCUT2D eigenvalue weighted by atomic mass is 10.1. The molecule has 0 saturated carbocycles. The van der Waals surface area contributed by atoms with Crippen molar-refractivity contribution >= 4 is 23.6 Å². The van der Waals surface area contributed by atoms with E-state index >= 15 is 0 Å². The fraction of sp³-hybridized carbons (Fsp3) is 0. The molecule has 4 heteroatoms. The summed E-state index contributed by atoms with van der Waals surface area (Å²) in [7, 11) is 0. The molecule has 3 nitrogen and oxygen atoms in total. The van der Waals surface area contributed by atoms with Crippen molar-refractivity contribution in [3.05, 3.63) is 46.8 Å². The normalized spacial score (nSPS) is 9.33. The van der Waals surface area contributed by atoms with E-state index < -0.39 is 5.97 Å². The molecule has 0 saturated heterocycles. The van der Waals surface area contributed by atoms with Crippen molar-refractivity contribution in [2.75, 3.05) is 0 Å². The van der Waals surface area contributed by atoms with Gasteiger partial charge in [-0.3, -0.25) is 4.79 Å². The third-order valence-electron chi connectivity index (χ3n) is 2.23. The summed E-state index contributed by atoms with van der Waals surface area (Å²) in [6, 6.07) is 10.9. The lowest BCUT2D eigenvalue weighted by Gasteiger charge is -1.96. The predicted octanol–water partition coefficient (Wildman–Crippen LogP) is 2.66. The average molecular weight is 256 g/mol. The molecule has 1 aromatic heterocycles. The number of carboxylic acid groups (broad SMARTS) is 1. The molecular weight excluding hydrogens is 248 g/mol. The molecular formula is C14H8O3S.